The molecule has 128 valence electrons. The SMILES string of the molecule is COCCN1CC[C@H](CNC(=O)c2ccccc2C(F)(F)F)C1. The quantitative estimate of drug-likeness (QED) is 0.871. The van der Waals surface area contributed by atoms with E-state index in [0.717, 1.165) is 32.1 Å². The van der Waals surface area contributed by atoms with Crippen molar-refractivity contribution in [2.45, 2.75) is 12.6 Å². The van der Waals surface area contributed by atoms with Crippen molar-refractivity contribution in [1.82, 2.24) is 10.2 Å². The van der Waals surface area contributed by atoms with E-state index >= 15 is 0 Å². The van der Waals surface area contributed by atoms with Crippen molar-refractivity contribution in [3.05, 3.63) is 35.4 Å². The van der Waals surface area contributed by atoms with Crippen LogP contribution in [0, 0.1) is 5.92 Å². The number of amides is 1. The number of halogens is 3. The van der Waals surface area contributed by atoms with Gasteiger partial charge in [-0.3, -0.25) is 4.79 Å². The second kappa shape index (κ2) is 7.79. The molecule has 4 nitrogen and oxygen atoms in total. The zero-order valence-corrected chi connectivity index (χ0v) is 13.0. The van der Waals surface area contributed by atoms with Crippen LogP contribution in [0.1, 0.15) is 22.3 Å². The van der Waals surface area contributed by atoms with Gasteiger partial charge in [-0.1, -0.05) is 12.1 Å². The molecule has 1 atom stereocenters. The van der Waals surface area contributed by atoms with Gasteiger partial charge in [-0.05, 0) is 31.0 Å². The lowest BCUT2D eigenvalue weighted by Crippen LogP contribution is -2.32. The van der Waals surface area contributed by atoms with Crippen LogP contribution in [0.5, 0.6) is 0 Å². The molecular formula is C16H21F3N2O2. The fraction of sp³-hybridized carbons (Fsp3) is 0.562. The molecule has 0 saturated carbocycles. The number of likely N-dealkylation sites (tertiary alicyclic amines) is 1. The minimum absolute atomic E-state index is 0.258. The van der Waals surface area contributed by atoms with Crippen molar-refractivity contribution < 1.29 is 22.7 Å². The van der Waals surface area contributed by atoms with Gasteiger partial charge >= 0.3 is 6.18 Å². The van der Waals surface area contributed by atoms with E-state index in [1.807, 2.05) is 0 Å². The predicted octanol–water partition coefficient (Wildman–Crippen LogP) is 2.40. The Morgan fingerprint density at radius 1 is 1.39 bits per heavy atom. The summed E-state index contributed by atoms with van der Waals surface area (Å²) in [6, 6.07) is 4.85. The van der Waals surface area contributed by atoms with Gasteiger partial charge in [0.15, 0.2) is 0 Å². The summed E-state index contributed by atoms with van der Waals surface area (Å²) in [4.78, 5) is 14.3. The van der Waals surface area contributed by atoms with Crippen LogP contribution in [0.25, 0.3) is 0 Å². The second-order valence-corrected chi connectivity index (χ2v) is 5.70. The zero-order valence-electron chi connectivity index (χ0n) is 13.0. The lowest BCUT2D eigenvalue weighted by Gasteiger charge is -2.16. The summed E-state index contributed by atoms with van der Waals surface area (Å²) in [5.41, 5.74) is -1.22. The van der Waals surface area contributed by atoms with Crippen LogP contribution < -0.4 is 5.32 Å². The molecule has 1 fully saturated rings. The molecule has 1 amide bonds. The Balaban J connectivity index is 1.89. The van der Waals surface area contributed by atoms with E-state index in [9.17, 15) is 18.0 Å². The number of rotatable bonds is 6. The molecule has 1 aromatic carbocycles. The highest BCUT2D eigenvalue weighted by Crippen LogP contribution is 2.31. The van der Waals surface area contributed by atoms with E-state index in [1.54, 1.807) is 7.11 Å². The predicted molar refractivity (Wildman–Crippen MR) is 80.2 cm³/mol. The van der Waals surface area contributed by atoms with Crippen molar-refractivity contribution in [2.75, 3.05) is 39.9 Å². The third kappa shape index (κ3) is 4.94. The van der Waals surface area contributed by atoms with Crippen LogP contribution >= 0.6 is 0 Å². The summed E-state index contributed by atoms with van der Waals surface area (Å²) in [5.74, 6) is -0.415. The fourth-order valence-corrected chi connectivity index (χ4v) is 2.76. The number of ether oxygens (including phenoxy) is 1. The van der Waals surface area contributed by atoms with Crippen LogP contribution in [0.3, 0.4) is 0 Å². The summed E-state index contributed by atoms with van der Waals surface area (Å²) in [6.45, 7) is 3.61. The first-order valence-electron chi connectivity index (χ1n) is 7.57. The van der Waals surface area contributed by atoms with Gasteiger partial charge in [0, 0.05) is 26.7 Å². The van der Waals surface area contributed by atoms with Gasteiger partial charge in [0.25, 0.3) is 5.91 Å². The lowest BCUT2D eigenvalue weighted by atomic mass is 10.1. The normalized spacial score (nSPS) is 19.0. The van der Waals surface area contributed by atoms with Gasteiger partial charge in [0.1, 0.15) is 0 Å². The van der Waals surface area contributed by atoms with Crippen LogP contribution in [0.15, 0.2) is 24.3 Å². The summed E-state index contributed by atoms with van der Waals surface area (Å²) in [5, 5.41) is 2.63. The fourth-order valence-electron chi connectivity index (χ4n) is 2.76. The smallest absolute Gasteiger partial charge is 0.383 e. The molecule has 0 aliphatic carbocycles. The first-order valence-corrected chi connectivity index (χ1v) is 7.57. The minimum Gasteiger partial charge on any atom is -0.383 e. The van der Waals surface area contributed by atoms with Crippen molar-refractivity contribution >= 4 is 5.91 Å². The molecule has 1 aromatic rings. The van der Waals surface area contributed by atoms with E-state index < -0.39 is 17.6 Å². The Bertz CT molecular complexity index is 534. The van der Waals surface area contributed by atoms with Gasteiger partial charge in [-0.2, -0.15) is 13.2 Å². The number of carbonyl (C=O) groups excluding carboxylic acids is 1. The number of methoxy groups -OCH3 is 1. The monoisotopic (exact) mass is 330 g/mol. The largest absolute Gasteiger partial charge is 0.417 e. The Morgan fingerprint density at radius 3 is 2.83 bits per heavy atom. The molecule has 1 aliphatic heterocycles. The molecule has 0 spiro atoms. The maximum Gasteiger partial charge on any atom is 0.417 e. The molecule has 0 bridgehead atoms. The lowest BCUT2D eigenvalue weighted by molar-refractivity contribution is -0.137. The van der Waals surface area contributed by atoms with Crippen molar-refractivity contribution in [3.8, 4) is 0 Å². The molecule has 7 heteroatoms. The Kier molecular flexibility index (Phi) is 6.01. The van der Waals surface area contributed by atoms with Crippen LogP contribution in [-0.4, -0.2) is 50.7 Å². The standard InChI is InChI=1S/C16H21F3N2O2/c1-23-9-8-21-7-6-12(11-21)10-20-15(22)13-4-2-3-5-14(13)16(17,18)19/h2-5,12H,6-11H2,1H3,(H,20,22)/t12-/m1/s1. The Hall–Kier alpha value is -1.60. The number of hydrogen-bond donors (Lipinski definition) is 1. The topological polar surface area (TPSA) is 41.6 Å². The molecule has 23 heavy (non-hydrogen) atoms. The van der Waals surface area contributed by atoms with E-state index in [0.29, 0.717) is 13.2 Å². The van der Waals surface area contributed by atoms with Crippen molar-refractivity contribution in [3.63, 3.8) is 0 Å². The molecule has 1 aliphatic rings. The molecule has 1 N–H and O–H groups in total. The summed E-state index contributed by atoms with van der Waals surface area (Å²) >= 11 is 0. The molecule has 0 aromatic heterocycles. The number of carbonyl (C=O) groups is 1. The summed E-state index contributed by atoms with van der Waals surface area (Å²) < 4.78 is 43.8. The van der Waals surface area contributed by atoms with Crippen LogP contribution in [0.4, 0.5) is 13.2 Å². The summed E-state index contributed by atoms with van der Waals surface area (Å²) in [6.07, 6.45) is -3.61. The highest BCUT2D eigenvalue weighted by atomic mass is 19.4. The van der Waals surface area contributed by atoms with Gasteiger partial charge in [0.2, 0.25) is 0 Å². The third-order valence-corrected chi connectivity index (χ3v) is 4.01. The maximum absolute atomic E-state index is 12.9. The average Bonchev–Trinajstić information content (AvgIpc) is 2.97. The Morgan fingerprint density at radius 2 is 2.13 bits per heavy atom. The zero-order chi connectivity index (χ0) is 16.9. The van der Waals surface area contributed by atoms with Crippen LogP contribution in [-0.2, 0) is 10.9 Å². The van der Waals surface area contributed by atoms with Crippen LogP contribution in [0.2, 0.25) is 0 Å². The molecule has 1 heterocycles. The third-order valence-electron chi connectivity index (χ3n) is 4.01. The summed E-state index contributed by atoms with van der Waals surface area (Å²) in [7, 11) is 1.64. The van der Waals surface area contributed by atoms with E-state index in [1.165, 1.54) is 18.2 Å². The highest BCUT2D eigenvalue weighted by Gasteiger charge is 2.35. The highest BCUT2D eigenvalue weighted by molar-refractivity contribution is 5.95. The van der Waals surface area contributed by atoms with E-state index in [-0.39, 0.29) is 11.5 Å². The maximum atomic E-state index is 12.9. The number of alkyl halides is 3. The van der Waals surface area contributed by atoms with Gasteiger partial charge in [-0.25, -0.2) is 0 Å². The van der Waals surface area contributed by atoms with Crippen molar-refractivity contribution in [2.24, 2.45) is 5.92 Å². The first kappa shape index (κ1) is 17.7. The van der Waals surface area contributed by atoms with Gasteiger partial charge in [0.05, 0.1) is 17.7 Å². The average molecular weight is 330 g/mol. The number of nitrogens with one attached hydrogen (secondary N) is 1. The molecule has 1 saturated heterocycles. The molecule has 0 unspecified atom stereocenters. The van der Waals surface area contributed by atoms with Gasteiger partial charge < -0.3 is 15.0 Å². The second-order valence-electron chi connectivity index (χ2n) is 5.70. The molecule has 0 radical (unpaired) electrons. The number of hydrogen-bond acceptors (Lipinski definition) is 3. The van der Waals surface area contributed by atoms with E-state index in [4.69, 9.17) is 4.74 Å². The number of benzene rings is 1. The van der Waals surface area contributed by atoms with Gasteiger partial charge in [-0.15, -0.1) is 0 Å². The van der Waals surface area contributed by atoms with Crippen molar-refractivity contribution in [1.29, 1.82) is 0 Å². The minimum atomic E-state index is -4.53. The number of nitrogens with zero attached hydrogens (tertiary/aromatic N) is 1. The van der Waals surface area contributed by atoms with E-state index in [2.05, 4.69) is 10.2 Å². The first-order chi connectivity index (χ1) is 10.9. The Labute approximate surface area is 133 Å². The molecule has 2 rings (SSSR count). The molecular weight excluding hydrogens is 309 g/mol.